The molecule has 0 aromatic rings. The molecule has 0 aromatic carbocycles. The molecule has 2 atom stereocenters. The van der Waals surface area contributed by atoms with Crippen LogP contribution in [-0.4, -0.2) is 35.1 Å². The first-order valence-corrected chi connectivity index (χ1v) is 5.33. The third-order valence-electron chi connectivity index (χ3n) is 3.27. The molecule has 0 radical (unpaired) electrons. The largest absolute Gasteiger partial charge is 0.480 e. The average molecular weight is 201 g/mol. The van der Waals surface area contributed by atoms with Gasteiger partial charge in [0.25, 0.3) is 0 Å². The second-order valence-electron chi connectivity index (χ2n) is 4.33. The van der Waals surface area contributed by atoms with Gasteiger partial charge >= 0.3 is 5.97 Å². The first-order valence-electron chi connectivity index (χ1n) is 5.33. The standard InChI is InChI=1S/C11H23NO2/c1-6-9(3)8-12(5)11(4,7-2)10(13)14/h9H,6-8H2,1-5H3,(H,13,14). The molecule has 3 heteroatoms. The molecule has 0 spiro atoms. The molecular weight excluding hydrogens is 178 g/mol. The summed E-state index contributed by atoms with van der Waals surface area (Å²) in [5, 5.41) is 9.15. The van der Waals surface area contributed by atoms with E-state index < -0.39 is 11.5 Å². The predicted octanol–water partition coefficient (Wildman–Crippen LogP) is 2.22. The highest BCUT2D eigenvalue weighted by Crippen LogP contribution is 2.19. The molecule has 0 aromatic heterocycles. The van der Waals surface area contributed by atoms with Gasteiger partial charge < -0.3 is 5.11 Å². The molecule has 0 aliphatic heterocycles. The molecule has 14 heavy (non-hydrogen) atoms. The summed E-state index contributed by atoms with van der Waals surface area (Å²) in [6, 6.07) is 0. The lowest BCUT2D eigenvalue weighted by Gasteiger charge is -2.35. The third kappa shape index (κ3) is 2.98. The molecule has 0 heterocycles. The Bertz CT molecular complexity index is 194. The fraction of sp³-hybridized carbons (Fsp3) is 0.909. The van der Waals surface area contributed by atoms with Crippen molar-refractivity contribution in [2.75, 3.05) is 13.6 Å². The second-order valence-corrected chi connectivity index (χ2v) is 4.33. The summed E-state index contributed by atoms with van der Waals surface area (Å²) in [4.78, 5) is 13.1. The van der Waals surface area contributed by atoms with Gasteiger partial charge in [-0.2, -0.15) is 0 Å². The van der Waals surface area contributed by atoms with Crippen LogP contribution in [0.15, 0.2) is 0 Å². The van der Waals surface area contributed by atoms with Gasteiger partial charge in [-0.25, -0.2) is 0 Å². The summed E-state index contributed by atoms with van der Waals surface area (Å²) < 4.78 is 0. The van der Waals surface area contributed by atoms with Crippen LogP contribution in [0.5, 0.6) is 0 Å². The Kier molecular flexibility index (Phi) is 5.13. The zero-order valence-electron chi connectivity index (χ0n) is 10.0. The van der Waals surface area contributed by atoms with E-state index in [1.165, 1.54) is 0 Å². The van der Waals surface area contributed by atoms with Crippen LogP contribution in [0, 0.1) is 5.92 Å². The molecule has 84 valence electrons. The fourth-order valence-electron chi connectivity index (χ4n) is 1.38. The minimum atomic E-state index is -0.731. The van der Waals surface area contributed by atoms with Crippen molar-refractivity contribution in [2.24, 2.45) is 5.92 Å². The van der Waals surface area contributed by atoms with Gasteiger partial charge in [0.15, 0.2) is 0 Å². The number of rotatable bonds is 6. The van der Waals surface area contributed by atoms with Crippen molar-refractivity contribution in [3.8, 4) is 0 Å². The second kappa shape index (κ2) is 5.35. The Morgan fingerprint density at radius 2 is 2.00 bits per heavy atom. The van der Waals surface area contributed by atoms with Crippen LogP contribution in [0.25, 0.3) is 0 Å². The Labute approximate surface area is 87.1 Å². The highest BCUT2D eigenvalue weighted by atomic mass is 16.4. The maximum atomic E-state index is 11.1. The summed E-state index contributed by atoms with van der Waals surface area (Å²) in [6.07, 6.45) is 1.72. The number of aliphatic carboxylic acids is 1. The molecule has 0 saturated heterocycles. The highest BCUT2D eigenvalue weighted by molar-refractivity contribution is 5.78. The quantitative estimate of drug-likeness (QED) is 0.716. The van der Waals surface area contributed by atoms with Crippen LogP contribution in [0.4, 0.5) is 0 Å². The summed E-state index contributed by atoms with van der Waals surface area (Å²) in [7, 11) is 1.89. The fourth-order valence-corrected chi connectivity index (χ4v) is 1.38. The van der Waals surface area contributed by atoms with Crippen molar-refractivity contribution < 1.29 is 9.90 Å². The van der Waals surface area contributed by atoms with Crippen molar-refractivity contribution >= 4 is 5.97 Å². The van der Waals surface area contributed by atoms with E-state index in [4.69, 9.17) is 5.11 Å². The van der Waals surface area contributed by atoms with E-state index in [1.54, 1.807) is 6.92 Å². The van der Waals surface area contributed by atoms with E-state index in [2.05, 4.69) is 13.8 Å². The van der Waals surface area contributed by atoms with E-state index in [1.807, 2.05) is 18.9 Å². The van der Waals surface area contributed by atoms with E-state index in [0.29, 0.717) is 12.3 Å². The number of carboxylic acids is 1. The summed E-state index contributed by atoms with van der Waals surface area (Å²) in [5.41, 5.74) is -0.719. The van der Waals surface area contributed by atoms with Crippen LogP contribution in [0.2, 0.25) is 0 Å². The van der Waals surface area contributed by atoms with Gasteiger partial charge in [-0.3, -0.25) is 9.69 Å². The Morgan fingerprint density at radius 1 is 1.50 bits per heavy atom. The SMILES string of the molecule is CCC(C)CN(C)C(C)(CC)C(=O)O. The highest BCUT2D eigenvalue weighted by Gasteiger charge is 2.35. The van der Waals surface area contributed by atoms with E-state index in [-0.39, 0.29) is 0 Å². The Hall–Kier alpha value is -0.570. The Morgan fingerprint density at radius 3 is 2.29 bits per heavy atom. The summed E-state index contributed by atoms with van der Waals surface area (Å²) in [6.45, 7) is 8.82. The number of carboxylic acid groups (broad SMARTS) is 1. The Balaban J connectivity index is 4.46. The zero-order chi connectivity index (χ0) is 11.4. The van der Waals surface area contributed by atoms with Crippen molar-refractivity contribution in [1.29, 1.82) is 0 Å². The van der Waals surface area contributed by atoms with Crippen molar-refractivity contribution in [3.63, 3.8) is 0 Å². The molecule has 0 amide bonds. The van der Waals surface area contributed by atoms with Crippen molar-refractivity contribution in [3.05, 3.63) is 0 Å². The van der Waals surface area contributed by atoms with Gasteiger partial charge in [-0.15, -0.1) is 0 Å². The van der Waals surface area contributed by atoms with Crippen molar-refractivity contribution in [2.45, 2.75) is 46.1 Å². The molecule has 0 aliphatic carbocycles. The molecule has 0 fully saturated rings. The smallest absolute Gasteiger partial charge is 0.323 e. The van der Waals surface area contributed by atoms with Crippen molar-refractivity contribution in [1.82, 2.24) is 4.90 Å². The minimum absolute atomic E-state index is 0.547. The topological polar surface area (TPSA) is 40.5 Å². The molecule has 3 nitrogen and oxygen atoms in total. The average Bonchev–Trinajstić information content (AvgIpc) is 2.15. The molecule has 0 rings (SSSR count). The molecule has 0 saturated carbocycles. The van der Waals surface area contributed by atoms with E-state index in [0.717, 1.165) is 13.0 Å². The normalized spacial score (nSPS) is 17.9. The number of carbonyl (C=O) groups is 1. The molecule has 0 bridgehead atoms. The van der Waals surface area contributed by atoms with Gasteiger partial charge in [0.05, 0.1) is 0 Å². The molecule has 2 unspecified atom stereocenters. The third-order valence-corrected chi connectivity index (χ3v) is 3.27. The first kappa shape index (κ1) is 13.4. The van der Waals surface area contributed by atoms with Gasteiger partial charge in [-0.05, 0) is 26.3 Å². The minimum Gasteiger partial charge on any atom is -0.480 e. The lowest BCUT2D eigenvalue weighted by atomic mass is 9.95. The van der Waals surface area contributed by atoms with Gasteiger partial charge in [0, 0.05) is 6.54 Å². The lowest BCUT2D eigenvalue weighted by Crippen LogP contribution is -2.51. The molecular formula is C11H23NO2. The maximum Gasteiger partial charge on any atom is 0.323 e. The molecule has 0 aliphatic rings. The maximum absolute atomic E-state index is 11.1. The molecule has 1 N–H and O–H groups in total. The lowest BCUT2D eigenvalue weighted by molar-refractivity contribution is -0.150. The number of hydrogen-bond acceptors (Lipinski definition) is 2. The summed E-state index contributed by atoms with van der Waals surface area (Å²) in [5.74, 6) is -0.184. The predicted molar refractivity (Wildman–Crippen MR) is 58.4 cm³/mol. The van der Waals surface area contributed by atoms with Crippen LogP contribution < -0.4 is 0 Å². The van der Waals surface area contributed by atoms with Gasteiger partial charge in [0.2, 0.25) is 0 Å². The number of nitrogens with zero attached hydrogens (tertiary/aromatic N) is 1. The van der Waals surface area contributed by atoms with Crippen LogP contribution in [-0.2, 0) is 4.79 Å². The number of likely N-dealkylation sites (N-methyl/N-ethyl adjacent to an activating group) is 1. The van der Waals surface area contributed by atoms with E-state index >= 15 is 0 Å². The van der Waals surface area contributed by atoms with Crippen LogP contribution in [0.1, 0.15) is 40.5 Å². The number of hydrogen-bond donors (Lipinski definition) is 1. The monoisotopic (exact) mass is 201 g/mol. The van der Waals surface area contributed by atoms with E-state index in [9.17, 15) is 4.79 Å². The summed E-state index contributed by atoms with van der Waals surface area (Å²) >= 11 is 0. The van der Waals surface area contributed by atoms with Gasteiger partial charge in [-0.1, -0.05) is 27.2 Å². The van der Waals surface area contributed by atoms with Crippen LogP contribution >= 0.6 is 0 Å². The van der Waals surface area contributed by atoms with Crippen LogP contribution in [0.3, 0.4) is 0 Å². The van der Waals surface area contributed by atoms with Gasteiger partial charge in [0.1, 0.15) is 5.54 Å². The zero-order valence-corrected chi connectivity index (χ0v) is 10.0. The first-order chi connectivity index (χ1) is 6.38.